The van der Waals surface area contributed by atoms with Crippen LogP contribution in [0.25, 0.3) is 0 Å². The number of anilines is 1. The number of amides is 1. The van der Waals surface area contributed by atoms with Crippen LogP contribution in [0, 0.1) is 5.92 Å². The van der Waals surface area contributed by atoms with Crippen LogP contribution in [0.2, 0.25) is 0 Å². The molecular formula is C19H27N5O2S. The Morgan fingerprint density at radius 3 is 3.04 bits per heavy atom. The Hall–Kier alpha value is -1.93. The number of morpholine rings is 1. The predicted molar refractivity (Wildman–Crippen MR) is 105 cm³/mol. The fraction of sp³-hybridized carbons (Fsp3) is 0.632. The molecule has 1 amide bonds. The van der Waals surface area contributed by atoms with Crippen LogP contribution in [-0.4, -0.2) is 53.5 Å². The van der Waals surface area contributed by atoms with E-state index in [0.717, 1.165) is 69.2 Å². The summed E-state index contributed by atoms with van der Waals surface area (Å²) < 4.78 is 7.24. The molecule has 0 bridgehead atoms. The van der Waals surface area contributed by atoms with Crippen LogP contribution < -0.4 is 10.2 Å². The van der Waals surface area contributed by atoms with E-state index in [4.69, 9.17) is 9.72 Å². The van der Waals surface area contributed by atoms with Gasteiger partial charge in [-0.3, -0.25) is 9.48 Å². The first-order valence-electron chi connectivity index (χ1n) is 9.75. The standard InChI is InChI=1S/C19H27N5O2S/c1-23-13-14(12-21-23)3-2-6-20-18(25)15-4-5-17-16(11-15)22-19(27-17)24-7-9-26-10-8-24/h12-13,15H,2-11H2,1H3,(H,20,25). The zero-order chi connectivity index (χ0) is 18.6. The molecule has 4 rings (SSSR count). The van der Waals surface area contributed by atoms with Crippen LogP contribution in [0.5, 0.6) is 0 Å². The summed E-state index contributed by atoms with van der Waals surface area (Å²) in [5.74, 6) is 0.225. The second-order valence-electron chi connectivity index (χ2n) is 7.32. The van der Waals surface area contributed by atoms with Gasteiger partial charge in [-0.15, -0.1) is 11.3 Å². The summed E-state index contributed by atoms with van der Waals surface area (Å²) in [6.45, 7) is 4.08. The molecule has 2 aromatic rings. The van der Waals surface area contributed by atoms with Crippen molar-refractivity contribution in [2.24, 2.45) is 13.0 Å². The number of aromatic nitrogens is 3. The third-order valence-corrected chi connectivity index (χ3v) is 6.50. The molecule has 2 aliphatic rings. The van der Waals surface area contributed by atoms with Crippen LogP contribution in [-0.2, 0) is 35.8 Å². The van der Waals surface area contributed by atoms with Crippen molar-refractivity contribution < 1.29 is 9.53 Å². The van der Waals surface area contributed by atoms with Gasteiger partial charge in [0.25, 0.3) is 0 Å². The Labute approximate surface area is 163 Å². The maximum absolute atomic E-state index is 12.6. The lowest BCUT2D eigenvalue weighted by Crippen LogP contribution is -2.36. The molecule has 1 unspecified atom stereocenters. The second kappa shape index (κ2) is 8.39. The molecule has 146 valence electrons. The number of nitrogens with one attached hydrogen (secondary N) is 1. The SMILES string of the molecule is Cn1cc(CCCNC(=O)C2CCc3sc(N4CCOCC4)nc3C2)cn1. The summed E-state index contributed by atoms with van der Waals surface area (Å²) in [5, 5.41) is 8.38. The highest BCUT2D eigenvalue weighted by Crippen LogP contribution is 2.34. The second-order valence-corrected chi connectivity index (χ2v) is 8.38. The number of carbonyl (C=O) groups excluding carboxylic acids is 1. The van der Waals surface area contributed by atoms with Gasteiger partial charge in [0, 0.05) is 50.1 Å². The number of thiazole rings is 1. The minimum absolute atomic E-state index is 0.0514. The average Bonchev–Trinajstić information content (AvgIpc) is 3.31. The number of carbonyl (C=O) groups is 1. The van der Waals surface area contributed by atoms with Crippen molar-refractivity contribution in [2.75, 3.05) is 37.7 Å². The van der Waals surface area contributed by atoms with Gasteiger partial charge in [-0.25, -0.2) is 4.98 Å². The van der Waals surface area contributed by atoms with Gasteiger partial charge < -0.3 is 15.0 Å². The Kier molecular flexibility index (Phi) is 5.73. The molecule has 1 saturated heterocycles. The lowest BCUT2D eigenvalue weighted by molar-refractivity contribution is -0.125. The van der Waals surface area contributed by atoms with Gasteiger partial charge >= 0.3 is 0 Å². The Morgan fingerprint density at radius 1 is 1.41 bits per heavy atom. The monoisotopic (exact) mass is 389 g/mol. The molecule has 8 heteroatoms. The predicted octanol–water partition coefficient (Wildman–Crippen LogP) is 1.57. The van der Waals surface area contributed by atoms with Crippen LogP contribution in [0.1, 0.15) is 29.0 Å². The van der Waals surface area contributed by atoms with Gasteiger partial charge in [-0.05, 0) is 31.2 Å². The summed E-state index contributed by atoms with van der Waals surface area (Å²) >= 11 is 1.80. The van der Waals surface area contributed by atoms with E-state index in [1.54, 1.807) is 11.3 Å². The van der Waals surface area contributed by atoms with Crippen molar-refractivity contribution in [1.29, 1.82) is 0 Å². The molecular weight excluding hydrogens is 362 g/mol. The first-order valence-corrected chi connectivity index (χ1v) is 10.6. The van der Waals surface area contributed by atoms with Gasteiger partial charge in [0.2, 0.25) is 5.91 Å². The van der Waals surface area contributed by atoms with Crippen LogP contribution >= 0.6 is 11.3 Å². The first kappa shape index (κ1) is 18.4. The highest BCUT2D eigenvalue weighted by Gasteiger charge is 2.28. The Morgan fingerprint density at radius 2 is 2.26 bits per heavy atom. The summed E-state index contributed by atoms with van der Waals surface area (Å²) in [5.41, 5.74) is 2.34. The maximum Gasteiger partial charge on any atom is 0.223 e. The largest absolute Gasteiger partial charge is 0.378 e. The third kappa shape index (κ3) is 4.50. The quantitative estimate of drug-likeness (QED) is 0.760. The molecule has 3 heterocycles. The number of nitrogens with zero attached hydrogens (tertiary/aromatic N) is 4. The fourth-order valence-electron chi connectivity index (χ4n) is 3.73. The third-order valence-electron chi connectivity index (χ3n) is 5.28. The van der Waals surface area contributed by atoms with E-state index in [2.05, 4.69) is 15.3 Å². The van der Waals surface area contributed by atoms with E-state index in [0.29, 0.717) is 6.54 Å². The van der Waals surface area contributed by atoms with E-state index < -0.39 is 0 Å². The van der Waals surface area contributed by atoms with Crippen molar-refractivity contribution in [2.45, 2.75) is 32.1 Å². The summed E-state index contributed by atoms with van der Waals surface area (Å²) in [6, 6.07) is 0. The minimum Gasteiger partial charge on any atom is -0.378 e. The molecule has 1 aliphatic heterocycles. The van der Waals surface area contributed by atoms with E-state index in [-0.39, 0.29) is 11.8 Å². The number of ether oxygens (including phenoxy) is 1. The molecule has 0 aromatic carbocycles. The van der Waals surface area contributed by atoms with E-state index in [1.807, 2.05) is 24.1 Å². The molecule has 7 nitrogen and oxygen atoms in total. The maximum atomic E-state index is 12.6. The van der Waals surface area contributed by atoms with Gasteiger partial charge in [-0.2, -0.15) is 5.10 Å². The van der Waals surface area contributed by atoms with E-state index in [9.17, 15) is 4.79 Å². The topological polar surface area (TPSA) is 72.3 Å². The minimum atomic E-state index is 0.0514. The van der Waals surface area contributed by atoms with E-state index in [1.165, 1.54) is 10.4 Å². The summed E-state index contributed by atoms with van der Waals surface area (Å²) in [4.78, 5) is 21.1. The lowest BCUT2D eigenvalue weighted by Gasteiger charge is -2.26. The van der Waals surface area contributed by atoms with Crippen LogP contribution in [0.15, 0.2) is 12.4 Å². The molecule has 0 saturated carbocycles. The molecule has 1 fully saturated rings. The Balaban J connectivity index is 1.25. The molecule has 1 N–H and O–H groups in total. The average molecular weight is 390 g/mol. The molecule has 0 radical (unpaired) electrons. The summed E-state index contributed by atoms with van der Waals surface area (Å²) in [7, 11) is 1.92. The van der Waals surface area contributed by atoms with Crippen molar-refractivity contribution in [3.8, 4) is 0 Å². The highest BCUT2D eigenvalue weighted by atomic mass is 32.1. The van der Waals surface area contributed by atoms with Gasteiger partial charge in [0.15, 0.2) is 5.13 Å². The number of rotatable bonds is 6. The lowest BCUT2D eigenvalue weighted by atomic mass is 9.90. The fourth-order valence-corrected chi connectivity index (χ4v) is 4.88. The number of aryl methyl sites for hydroxylation is 3. The molecule has 0 spiro atoms. The van der Waals surface area contributed by atoms with Crippen LogP contribution in [0.4, 0.5) is 5.13 Å². The zero-order valence-corrected chi connectivity index (χ0v) is 16.6. The normalized spacial score (nSPS) is 19.7. The number of hydrogen-bond acceptors (Lipinski definition) is 6. The molecule has 1 aliphatic carbocycles. The molecule has 2 aromatic heterocycles. The van der Waals surface area contributed by atoms with Gasteiger partial charge in [0.1, 0.15) is 0 Å². The molecule has 27 heavy (non-hydrogen) atoms. The van der Waals surface area contributed by atoms with Crippen LogP contribution in [0.3, 0.4) is 0 Å². The highest BCUT2D eigenvalue weighted by molar-refractivity contribution is 7.15. The number of fused-ring (bicyclic) bond motifs is 1. The van der Waals surface area contributed by atoms with E-state index >= 15 is 0 Å². The van der Waals surface area contributed by atoms with Crippen molar-refractivity contribution >= 4 is 22.4 Å². The Bertz CT molecular complexity index is 781. The van der Waals surface area contributed by atoms with Crippen molar-refractivity contribution in [3.63, 3.8) is 0 Å². The summed E-state index contributed by atoms with van der Waals surface area (Å²) in [6.07, 6.45) is 8.45. The smallest absolute Gasteiger partial charge is 0.223 e. The molecule has 1 atom stereocenters. The van der Waals surface area contributed by atoms with Gasteiger partial charge in [0.05, 0.1) is 25.1 Å². The number of hydrogen-bond donors (Lipinski definition) is 1. The zero-order valence-electron chi connectivity index (χ0n) is 15.8. The van der Waals surface area contributed by atoms with Gasteiger partial charge in [-0.1, -0.05) is 0 Å². The first-order chi connectivity index (χ1) is 13.2. The van der Waals surface area contributed by atoms with Crippen molar-refractivity contribution in [3.05, 3.63) is 28.5 Å². The van der Waals surface area contributed by atoms with Crippen molar-refractivity contribution in [1.82, 2.24) is 20.1 Å².